The topological polar surface area (TPSA) is 64.3 Å². The van der Waals surface area contributed by atoms with Crippen LogP contribution in [-0.2, 0) is 9.48 Å². The number of nitrogens with two attached hydrogens (primary N) is 1. The number of hydrogen-bond acceptors (Lipinski definition) is 6. The first-order valence-electron chi connectivity index (χ1n) is 10.5. The maximum absolute atomic E-state index is 5.90. The normalized spacial score (nSPS) is 21.8. The molecule has 0 radical (unpaired) electrons. The zero-order valence-electron chi connectivity index (χ0n) is 16.3. The van der Waals surface area contributed by atoms with Gasteiger partial charge >= 0.3 is 0 Å². The lowest BCUT2D eigenvalue weighted by Gasteiger charge is -2.32. The van der Waals surface area contributed by atoms with Crippen LogP contribution < -0.4 is 10.6 Å². The first-order valence-corrected chi connectivity index (χ1v) is 11.4. The molecule has 2 aromatic rings. The number of aromatic nitrogens is 2. The average molecular weight is 397 g/mol. The molecule has 5 nitrogen and oxygen atoms in total. The Balaban J connectivity index is 1.58. The Morgan fingerprint density at radius 3 is 2.43 bits per heavy atom. The number of nitrogens with zero attached hydrogens (tertiary/aromatic N) is 3. The number of benzene rings is 1. The van der Waals surface area contributed by atoms with Crippen LogP contribution in [0.1, 0.15) is 44.2 Å². The summed E-state index contributed by atoms with van der Waals surface area (Å²) in [5, 5.41) is 0.819. The van der Waals surface area contributed by atoms with Crippen molar-refractivity contribution in [1.29, 1.82) is 0 Å². The van der Waals surface area contributed by atoms with Crippen molar-refractivity contribution in [2.24, 2.45) is 0 Å². The third-order valence-corrected chi connectivity index (χ3v) is 7.88. The van der Waals surface area contributed by atoms with Gasteiger partial charge in [0.1, 0.15) is 5.82 Å². The Kier molecular flexibility index (Phi) is 4.93. The number of thioether (sulfide) groups is 1. The van der Waals surface area contributed by atoms with Gasteiger partial charge in [-0.3, -0.25) is 0 Å². The average Bonchev–Trinajstić information content (AvgIpc) is 3.42. The quantitative estimate of drug-likeness (QED) is 0.763. The van der Waals surface area contributed by atoms with Crippen LogP contribution in [0, 0.1) is 0 Å². The van der Waals surface area contributed by atoms with E-state index >= 15 is 0 Å². The molecule has 2 saturated carbocycles. The monoisotopic (exact) mass is 396 g/mol. The van der Waals surface area contributed by atoms with E-state index in [1.54, 1.807) is 0 Å². The lowest BCUT2D eigenvalue weighted by molar-refractivity contribution is 0.122. The molecule has 1 saturated heterocycles. The van der Waals surface area contributed by atoms with Crippen molar-refractivity contribution in [2.45, 2.75) is 48.5 Å². The van der Waals surface area contributed by atoms with E-state index in [1.165, 1.54) is 44.2 Å². The summed E-state index contributed by atoms with van der Waals surface area (Å²) in [5.41, 5.74) is 8.93. The van der Waals surface area contributed by atoms with Gasteiger partial charge in [-0.05, 0) is 49.9 Å². The second kappa shape index (κ2) is 7.56. The predicted molar refractivity (Wildman–Crippen MR) is 116 cm³/mol. The molecule has 0 amide bonds. The highest BCUT2D eigenvalue weighted by molar-refractivity contribution is 8.01. The van der Waals surface area contributed by atoms with Gasteiger partial charge in [0.2, 0.25) is 0 Å². The van der Waals surface area contributed by atoms with Crippen LogP contribution in [0.4, 0.5) is 11.5 Å². The van der Waals surface area contributed by atoms with E-state index in [4.69, 9.17) is 20.4 Å². The van der Waals surface area contributed by atoms with Gasteiger partial charge in [0.15, 0.2) is 5.82 Å². The maximum Gasteiger partial charge on any atom is 0.161 e. The van der Waals surface area contributed by atoms with E-state index in [0.717, 1.165) is 54.4 Å². The zero-order valence-corrected chi connectivity index (χ0v) is 17.1. The Morgan fingerprint density at radius 2 is 1.75 bits per heavy atom. The number of nitrogen functional groups attached to an aromatic ring is 1. The van der Waals surface area contributed by atoms with Crippen LogP contribution in [0.25, 0.3) is 11.4 Å². The van der Waals surface area contributed by atoms with Gasteiger partial charge in [0, 0.05) is 35.7 Å². The van der Waals surface area contributed by atoms with Crippen molar-refractivity contribution in [2.75, 3.05) is 36.9 Å². The lowest BCUT2D eigenvalue weighted by atomic mass is 10.0. The molecular weight excluding hydrogens is 368 g/mol. The van der Waals surface area contributed by atoms with Gasteiger partial charge in [-0.15, -0.1) is 11.8 Å². The Hall–Kier alpha value is -1.79. The fraction of sp³-hybridized carbons (Fsp3) is 0.545. The van der Waals surface area contributed by atoms with E-state index in [9.17, 15) is 0 Å². The van der Waals surface area contributed by atoms with Crippen molar-refractivity contribution in [3.05, 3.63) is 36.0 Å². The molecule has 2 N–H and O–H groups in total. The van der Waals surface area contributed by atoms with Crippen LogP contribution in [0.15, 0.2) is 30.3 Å². The molecule has 1 aromatic heterocycles. The summed E-state index contributed by atoms with van der Waals surface area (Å²) in [5.74, 6) is 1.87. The minimum atomic E-state index is 0.160. The second-order valence-corrected chi connectivity index (χ2v) is 9.86. The molecule has 148 valence electrons. The minimum Gasteiger partial charge on any atom is -0.399 e. The summed E-state index contributed by atoms with van der Waals surface area (Å²) < 4.78 is 5.72. The highest BCUT2D eigenvalue weighted by Crippen LogP contribution is 2.55. The van der Waals surface area contributed by atoms with Crippen molar-refractivity contribution in [3.8, 4) is 11.4 Å². The second-order valence-electron chi connectivity index (χ2n) is 8.18. The standard InChI is InChI=1S/C22H28N4OS/c23-17-5-3-16(4-6-17)21-24-19(15-20(25-21)26-11-13-27-14-12-26)22(9-1-2-10-22)28-18-7-8-18/h3-6,15,18H,1-2,7-14,23H2. The van der Waals surface area contributed by atoms with Gasteiger partial charge in [0.25, 0.3) is 0 Å². The molecule has 1 aliphatic heterocycles. The molecular formula is C22H28N4OS. The summed E-state index contributed by atoms with van der Waals surface area (Å²) in [7, 11) is 0. The first kappa shape index (κ1) is 18.3. The first-order chi connectivity index (χ1) is 13.7. The molecule has 0 atom stereocenters. The predicted octanol–water partition coefficient (Wildman–Crippen LogP) is 4.23. The lowest BCUT2D eigenvalue weighted by Crippen LogP contribution is -2.37. The van der Waals surface area contributed by atoms with E-state index in [1.807, 2.05) is 24.3 Å². The van der Waals surface area contributed by atoms with E-state index < -0.39 is 0 Å². The smallest absolute Gasteiger partial charge is 0.161 e. The molecule has 0 bridgehead atoms. The van der Waals surface area contributed by atoms with Gasteiger partial charge in [-0.2, -0.15) is 0 Å². The minimum absolute atomic E-state index is 0.160. The number of anilines is 2. The van der Waals surface area contributed by atoms with Crippen LogP contribution in [0.2, 0.25) is 0 Å². The summed E-state index contributed by atoms with van der Waals surface area (Å²) in [6.45, 7) is 3.30. The number of morpholine rings is 1. The Bertz CT molecular complexity index is 825. The van der Waals surface area contributed by atoms with Crippen LogP contribution in [-0.4, -0.2) is 41.5 Å². The fourth-order valence-corrected chi connectivity index (χ4v) is 6.03. The largest absolute Gasteiger partial charge is 0.399 e. The molecule has 3 fully saturated rings. The molecule has 28 heavy (non-hydrogen) atoms. The number of hydrogen-bond donors (Lipinski definition) is 1. The van der Waals surface area contributed by atoms with Crippen molar-refractivity contribution >= 4 is 23.3 Å². The zero-order chi connectivity index (χ0) is 19.0. The summed E-state index contributed by atoms with van der Waals surface area (Å²) >= 11 is 2.18. The molecule has 3 aliphatic rings. The Morgan fingerprint density at radius 1 is 1.04 bits per heavy atom. The Labute approximate surface area is 171 Å². The third-order valence-electron chi connectivity index (χ3n) is 6.01. The van der Waals surface area contributed by atoms with Gasteiger partial charge in [-0.25, -0.2) is 9.97 Å². The SMILES string of the molecule is Nc1ccc(-c2nc(N3CCOCC3)cc(C3(SC4CC4)CCCC3)n2)cc1. The molecule has 2 heterocycles. The van der Waals surface area contributed by atoms with Crippen molar-refractivity contribution < 1.29 is 4.74 Å². The van der Waals surface area contributed by atoms with Gasteiger partial charge in [0.05, 0.1) is 23.7 Å². The molecule has 2 aliphatic carbocycles. The van der Waals surface area contributed by atoms with E-state index in [2.05, 4.69) is 22.7 Å². The highest BCUT2D eigenvalue weighted by Gasteiger charge is 2.43. The van der Waals surface area contributed by atoms with E-state index in [-0.39, 0.29) is 4.75 Å². The summed E-state index contributed by atoms with van der Waals surface area (Å²) in [6, 6.07) is 10.2. The van der Waals surface area contributed by atoms with Gasteiger partial charge in [-0.1, -0.05) is 12.8 Å². The summed E-state index contributed by atoms with van der Waals surface area (Å²) in [6.07, 6.45) is 7.78. The fourth-order valence-electron chi connectivity index (χ4n) is 4.27. The van der Waals surface area contributed by atoms with Crippen molar-refractivity contribution in [1.82, 2.24) is 9.97 Å². The summed E-state index contributed by atoms with van der Waals surface area (Å²) in [4.78, 5) is 12.4. The van der Waals surface area contributed by atoms with Crippen molar-refractivity contribution in [3.63, 3.8) is 0 Å². The van der Waals surface area contributed by atoms with Crippen LogP contribution in [0.5, 0.6) is 0 Å². The van der Waals surface area contributed by atoms with E-state index in [0.29, 0.717) is 0 Å². The molecule has 0 unspecified atom stereocenters. The van der Waals surface area contributed by atoms with Crippen LogP contribution in [0.3, 0.4) is 0 Å². The molecule has 1 aromatic carbocycles. The highest BCUT2D eigenvalue weighted by atomic mass is 32.2. The van der Waals surface area contributed by atoms with Gasteiger partial charge < -0.3 is 15.4 Å². The molecule has 0 spiro atoms. The number of ether oxygens (including phenoxy) is 1. The molecule has 5 rings (SSSR count). The third kappa shape index (κ3) is 3.72. The molecule has 6 heteroatoms. The van der Waals surface area contributed by atoms with Crippen LogP contribution >= 0.6 is 11.8 Å². The maximum atomic E-state index is 5.90. The number of rotatable bonds is 5.